The maximum Gasteiger partial charge on any atom is 0.128 e. The van der Waals surface area contributed by atoms with Gasteiger partial charge in [-0.25, -0.2) is 4.98 Å². The van der Waals surface area contributed by atoms with Gasteiger partial charge in [-0.1, -0.05) is 17.7 Å². The lowest BCUT2D eigenvalue weighted by Gasteiger charge is -2.18. The van der Waals surface area contributed by atoms with Crippen LogP contribution in [0.3, 0.4) is 0 Å². The first kappa shape index (κ1) is 14.1. The first-order valence-corrected chi connectivity index (χ1v) is 6.93. The first-order valence-electron chi connectivity index (χ1n) is 6.02. The van der Waals surface area contributed by atoms with Gasteiger partial charge in [0.15, 0.2) is 0 Å². The highest BCUT2D eigenvalue weighted by Gasteiger charge is 2.07. The van der Waals surface area contributed by atoms with E-state index >= 15 is 0 Å². The number of rotatable bonds is 5. The fourth-order valence-corrected chi connectivity index (χ4v) is 2.18. The van der Waals surface area contributed by atoms with Crippen molar-refractivity contribution >= 4 is 29.0 Å². The van der Waals surface area contributed by atoms with Crippen LogP contribution >= 0.6 is 23.2 Å². The summed E-state index contributed by atoms with van der Waals surface area (Å²) in [6.07, 6.45) is 4.32. The van der Waals surface area contributed by atoms with E-state index in [2.05, 4.69) is 14.9 Å². The van der Waals surface area contributed by atoms with Crippen LogP contribution in [0.1, 0.15) is 11.3 Å². The molecule has 0 amide bonds. The van der Waals surface area contributed by atoms with Gasteiger partial charge in [-0.05, 0) is 23.8 Å². The molecule has 0 unspecified atom stereocenters. The molecule has 0 saturated carbocycles. The molecule has 0 saturated heterocycles. The smallest absolute Gasteiger partial charge is 0.128 e. The molecule has 0 aliphatic heterocycles. The summed E-state index contributed by atoms with van der Waals surface area (Å²) in [5.41, 5.74) is 1.97. The molecule has 0 N–H and O–H groups in total. The molecule has 0 aliphatic carbocycles. The number of alkyl halides is 1. The molecule has 19 heavy (non-hydrogen) atoms. The van der Waals surface area contributed by atoms with Crippen molar-refractivity contribution in [3.63, 3.8) is 0 Å². The Kier molecular flexibility index (Phi) is 5.00. The Morgan fingerprint density at radius 1 is 1.26 bits per heavy atom. The molecule has 0 spiro atoms. The standard InChI is InChI=1S/C14H15Cl2N3/c1-19(7-5-12-4-2-3-6-17-12)14-8-11(9-15)13(16)10-18-14/h2-4,6,8,10H,5,7,9H2,1H3. The topological polar surface area (TPSA) is 29.0 Å². The minimum atomic E-state index is 0.391. The van der Waals surface area contributed by atoms with Crippen molar-refractivity contribution in [3.8, 4) is 0 Å². The third-order valence-electron chi connectivity index (χ3n) is 2.88. The van der Waals surface area contributed by atoms with Crippen molar-refractivity contribution in [2.75, 3.05) is 18.5 Å². The number of nitrogens with zero attached hydrogens (tertiary/aromatic N) is 3. The van der Waals surface area contributed by atoms with Gasteiger partial charge in [-0.15, -0.1) is 11.6 Å². The second-order valence-corrected chi connectivity index (χ2v) is 4.93. The molecule has 2 aromatic heterocycles. The van der Waals surface area contributed by atoms with Crippen LogP contribution in [0.25, 0.3) is 0 Å². The highest BCUT2D eigenvalue weighted by atomic mass is 35.5. The second-order valence-electron chi connectivity index (χ2n) is 4.26. The predicted molar refractivity (Wildman–Crippen MR) is 80.0 cm³/mol. The maximum absolute atomic E-state index is 6.00. The summed E-state index contributed by atoms with van der Waals surface area (Å²) < 4.78 is 0. The molecule has 0 fully saturated rings. The minimum Gasteiger partial charge on any atom is -0.359 e. The van der Waals surface area contributed by atoms with Crippen LogP contribution in [0.2, 0.25) is 5.02 Å². The Bertz CT molecular complexity index is 531. The number of anilines is 1. The minimum absolute atomic E-state index is 0.391. The molecular weight excluding hydrogens is 281 g/mol. The number of aromatic nitrogens is 2. The summed E-state index contributed by atoms with van der Waals surface area (Å²) in [4.78, 5) is 10.7. The van der Waals surface area contributed by atoms with Crippen LogP contribution in [0.5, 0.6) is 0 Å². The van der Waals surface area contributed by atoms with E-state index in [0.717, 1.165) is 30.0 Å². The van der Waals surface area contributed by atoms with Crippen molar-refractivity contribution in [2.24, 2.45) is 0 Å². The monoisotopic (exact) mass is 295 g/mol. The zero-order valence-corrected chi connectivity index (χ0v) is 12.2. The maximum atomic E-state index is 6.00. The Labute approximate surface area is 123 Å². The first-order chi connectivity index (χ1) is 9.20. The number of halogens is 2. The van der Waals surface area contributed by atoms with Gasteiger partial charge in [0.1, 0.15) is 5.82 Å². The van der Waals surface area contributed by atoms with E-state index < -0.39 is 0 Å². The van der Waals surface area contributed by atoms with Gasteiger partial charge in [0.25, 0.3) is 0 Å². The third kappa shape index (κ3) is 3.82. The van der Waals surface area contributed by atoms with Gasteiger partial charge >= 0.3 is 0 Å². The number of likely N-dealkylation sites (N-methyl/N-ethyl adjacent to an activating group) is 1. The summed E-state index contributed by atoms with van der Waals surface area (Å²) in [5, 5.41) is 0.608. The zero-order valence-electron chi connectivity index (χ0n) is 10.7. The fourth-order valence-electron chi connectivity index (χ4n) is 1.72. The van der Waals surface area contributed by atoms with E-state index in [1.165, 1.54) is 0 Å². The summed E-state index contributed by atoms with van der Waals surface area (Å²) in [6, 6.07) is 7.86. The Hall–Kier alpha value is -1.32. The SMILES string of the molecule is CN(CCc1ccccn1)c1cc(CCl)c(Cl)cn1. The molecular formula is C14H15Cl2N3. The lowest BCUT2D eigenvalue weighted by molar-refractivity contribution is 0.838. The Morgan fingerprint density at radius 3 is 2.79 bits per heavy atom. The molecule has 2 aromatic rings. The van der Waals surface area contributed by atoms with Gasteiger partial charge in [0.05, 0.1) is 5.02 Å². The molecule has 0 bridgehead atoms. The van der Waals surface area contributed by atoms with Crippen molar-refractivity contribution in [1.82, 2.24) is 9.97 Å². The predicted octanol–water partition coefficient (Wildman–Crippen LogP) is 3.55. The molecule has 3 nitrogen and oxygen atoms in total. The van der Waals surface area contributed by atoms with E-state index in [9.17, 15) is 0 Å². The Morgan fingerprint density at radius 2 is 2.11 bits per heavy atom. The van der Waals surface area contributed by atoms with Crippen molar-refractivity contribution in [1.29, 1.82) is 0 Å². The molecule has 2 rings (SSSR count). The lowest BCUT2D eigenvalue weighted by atomic mass is 10.2. The molecule has 0 aromatic carbocycles. The molecule has 0 atom stereocenters. The van der Waals surface area contributed by atoms with Gasteiger partial charge in [0.2, 0.25) is 0 Å². The average Bonchev–Trinajstić information content (AvgIpc) is 2.46. The van der Waals surface area contributed by atoms with E-state index in [1.807, 2.05) is 37.5 Å². The van der Waals surface area contributed by atoms with Crippen molar-refractivity contribution < 1.29 is 0 Å². The summed E-state index contributed by atoms with van der Waals surface area (Å²) in [6.45, 7) is 0.841. The molecule has 2 heterocycles. The van der Waals surface area contributed by atoms with Gasteiger partial charge in [0, 0.05) is 44.0 Å². The highest BCUT2D eigenvalue weighted by Crippen LogP contribution is 2.21. The van der Waals surface area contributed by atoms with E-state index in [-0.39, 0.29) is 0 Å². The van der Waals surface area contributed by atoms with Gasteiger partial charge < -0.3 is 4.90 Å². The fraction of sp³-hybridized carbons (Fsp3) is 0.286. The Balaban J connectivity index is 2.02. The van der Waals surface area contributed by atoms with E-state index in [0.29, 0.717) is 10.9 Å². The highest BCUT2D eigenvalue weighted by molar-refractivity contribution is 6.32. The summed E-state index contributed by atoms with van der Waals surface area (Å²) in [5.74, 6) is 1.26. The number of pyridine rings is 2. The van der Waals surface area contributed by atoms with Crippen LogP contribution in [0.4, 0.5) is 5.82 Å². The average molecular weight is 296 g/mol. The molecule has 0 radical (unpaired) electrons. The van der Waals surface area contributed by atoms with Crippen molar-refractivity contribution in [3.05, 3.63) is 52.9 Å². The van der Waals surface area contributed by atoms with Crippen LogP contribution < -0.4 is 4.90 Å². The van der Waals surface area contributed by atoms with Crippen LogP contribution in [0.15, 0.2) is 36.7 Å². The molecule has 100 valence electrons. The number of hydrogen-bond donors (Lipinski definition) is 0. The van der Waals surface area contributed by atoms with Crippen molar-refractivity contribution in [2.45, 2.75) is 12.3 Å². The number of hydrogen-bond acceptors (Lipinski definition) is 3. The van der Waals surface area contributed by atoms with Crippen LogP contribution in [-0.4, -0.2) is 23.6 Å². The van der Waals surface area contributed by atoms with Gasteiger partial charge in [-0.3, -0.25) is 4.98 Å². The second kappa shape index (κ2) is 6.73. The summed E-state index contributed by atoms with van der Waals surface area (Å²) in [7, 11) is 2.00. The van der Waals surface area contributed by atoms with Gasteiger partial charge in [-0.2, -0.15) is 0 Å². The normalized spacial score (nSPS) is 10.5. The summed E-state index contributed by atoms with van der Waals surface area (Å²) >= 11 is 11.8. The zero-order chi connectivity index (χ0) is 13.7. The lowest BCUT2D eigenvalue weighted by Crippen LogP contribution is -2.21. The molecule has 0 aliphatic rings. The van der Waals surface area contributed by atoms with Crippen LogP contribution in [-0.2, 0) is 12.3 Å². The quantitative estimate of drug-likeness (QED) is 0.790. The third-order valence-corrected chi connectivity index (χ3v) is 3.51. The van der Waals surface area contributed by atoms with E-state index in [1.54, 1.807) is 6.20 Å². The van der Waals surface area contributed by atoms with Crippen LogP contribution in [0, 0.1) is 0 Å². The molecule has 5 heteroatoms. The van der Waals surface area contributed by atoms with E-state index in [4.69, 9.17) is 23.2 Å². The largest absolute Gasteiger partial charge is 0.359 e.